The van der Waals surface area contributed by atoms with Crippen molar-refractivity contribution in [1.82, 2.24) is 4.31 Å². The maximum atomic E-state index is 11.9. The van der Waals surface area contributed by atoms with Gasteiger partial charge in [0.25, 0.3) is 0 Å². The van der Waals surface area contributed by atoms with Gasteiger partial charge in [-0.15, -0.1) is 0 Å². The molecule has 1 N–H and O–H groups in total. The van der Waals surface area contributed by atoms with E-state index in [9.17, 15) is 21.6 Å². The highest BCUT2D eigenvalue weighted by molar-refractivity contribution is 7.93. The van der Waals surface area contributed by atoms with Crippen LogP contribution < -0.4 is 0 Å². The average Bonchev–Trinajstić information content (AvgIpc) is 2.57. The number of rotatable bonds is 5. The molecule has 106 valence electrons. The van der Waals surface area contributed by atoms with E-state index in [1.807, 2.05) is 0 Å². The van der Waals surface area contributed by atoms with Gasteiger partial charge >= 0.3 is 5.97 Å². The molecule has 0 aromatic carbocycles. The number of sulfonamides is 1. The fourth-order valence-corrected chi connectivity index (χ4v) is 5.02. The first-order valence-corrected chi connectivity index (χ1v) is 9.08. The van der Waals surface area contributed by atoms with E-state index in [1.54, 1.807) is 6.92 Å². The summed E-state index contributed by atoms with van der Waals surface area (Å²) in [5.74, 6) is -2.96. The van der Waals surface area contributed by atoms with Crippen LogP contribution >= 0.6 is 0 Å². The topological polar surface area (TPSA) is 109 Å². The molecular weight excluding hydrogens is 282 g/mol. The lowest BCUT2D eigenvalue weighted by atomic mass is 9.99. The number of aliphatic carboxylic acids is 1. The number of carboxylic acid groups (broad SMARTS) is 1. The molecule has 1 fully saturated rings. The molecule has 0 amide bonds. The normalized spacial score (nSPS) is 26.3. The van der Waals surface area contributed by atoms with Crippen molar-refractivity contribution >= 4 is 25.8 Å². The molecule has 0 aliphatic carbocycles. The Labute approximate surface area is 107 Å². The number of carboxylic acids is 1. The third kappa shape index (κ3) is 3.92. The Kier molecular flexibility index (Phi) is 4.39. The average molecular weight is 299 g/mol. The lowest BCUT2D eigenvalue weighted by Crippen LogP contribution is -2.34. The van der Waals surface area contributed by atoms with Crippen LogP contribution in [0.15, 0.2) is 0 Å². The van der Waals surface area contributed by atoms with E-state index >= 15 is 0 Å². The van der Waals surface area contributed by atoms with Gasteiger partial charge in [0.05, 0.1) is 17.4 Å². The highest BCUT2D eigenvalue weighted by Crippen LogP contribution is 2.25. The fraction of sp³-hybridized carbons (Fsp3) is 0.889. The third-order valence-corrected chi connectivity index (χ3v) is 6.01. The summed E-state index contributed by atoms with van der Waals surface area (Å²) in [4.78, 5) is 10.9. The molecule has 0 radical (unpaired) electrons. The molecule has 18 heavy (non-hydrogen) atoms. The Morgan fingerprint density at radius 2 is 1.78 bits per heavy atom. The van der Waals surface area contributed by atoms with Gasteiger partial charge in [-0.3, -0.25) is 4.79 Å². The first-order valence-electron chi connectivity index (χ1n) is 5.41. The van der Waals surface area contributed by atoms with Crippen molar-refractivity contribution in [2.24, 2.45) is 11.8 Å². The van der Waals surface area contributed by atoms with Crippen LogP contribution in [0.1, 0.15) is 6.92 Å². The molecule has 0 unspecified atom stereocenters. The highest BCUT2D eigenvalue weighted by Gasteiger charge is 2.40. The van der Waals surface area contributed by atoms with Crippen LogP contribution in [0.4, 0.5) is 0 Å². The number of hydrogen-bond acceptors (Lipinski definition) is 5. The van der Waals surface area contributed by atoms with E-state index in [-0.39, 0.29) is 19.0 Å². The number of carbonyl (C=O) groups is 1. The minimum atomic E-state index is -3.70. The first kappa shape index (κ1) is 15.4. The lowest BCUT2D eigenvalue weighted by molar-refractivity contribution is -0.142. The van der Waals surface area contributed by atoms with Crippen LogP contribution in [0.2, 0.25) is 0 Å². The van der Waals surface area contributed by atoms with Crippen molar-refractivity contribution in [3.63, 3.8) is 0 Å². The van der Waals surface area contributed by atoms with E-state index < -0.39 is 43.3 Å². The monoisotopic (exact) mass is 299 g/mol. The minimum Gasteiger partial charge on any atom is -0.481 e. The summed E-state index contributed by atoms with van der Waals surface area (Å²) < 4.78 is 46.7. The Balaban J connectivity index is 2.74. The zero-order chi connectivity index (χ0) is 14.1. The Bertz CT molecular complexity index is 523. The Morgan fingerprint density at radius 3 is 2.17 bits per heavy atom. The summed E-state index contributed by atoms with van der Waals surface area (Å²) in [6.07, 6.45) is 0.967. The van der Waals surface area contributed by atoms with E-state index in [0.717, 1.165) is 10.6 Å². The van der Waals surface area contributed by atoms with Crippen LogP contribution in [0.3, 0.4) is 0 Å². The van der Waals surface area contributed by atoms with Crippen molar-refractivity contribution in [1.29, 1.82) is 0 Å². The van der Waals surface area contributed by atoms with Gasteiger partial charge in [0.2, 0.25) is 10.0 Å². The van der Waals surface area contributed by atoms with Gasteiger partial charge in [0.15, 0.2) is 0 Å². The number of nitrogens with zero attached hydrogens (tertiary/aromatic N) is 1. The second-order valence-electron chi connectivity index (χ2n) is 4.68. The second-order valence-corrected chi connectivity index (χ2v) is 9.03. The van der Waals surface area contributed by atoms with Crippen LogP contribution in [-0.4, -0.2) is 63.1 Å². The van der Waals surface area contributed by atoms with E-state index in [2.05, 4.69) is 0 Å². The summed E-state index contributed by atoms with van der Waals surface area (Å²) in [5, 5.41) is 8.91. The summed E-state index contributed by atoms with van der Waals surface area (Å²) >= 11 is 0. The quantitative estimate of drug-likeness (QED) is 0.698. The largest absolute Gasteiger partial charge is 0.481 e. The van der Waals surface area contributed by atoms with Crippen LogP contribution in [0.25, 0.3) is 0 Å². The van der Waals surface area contributed by atoms with Crippen LogP contribution in [0, 0.1) is 11.8 Å². The maximum Gasteiger partial charge on any atom is 0.308 e. The molecule has 1 heterocycles. The number of hydrogen-bond donors (Lipinski definition) is 1. The molecule has 0 spiro atoms. The van der Waals surface area contributed by atoms with Gasteiger partial charge in [-0.1, -0.05) is 6.92 Å². The molecule has 1 aliphatic heterocycles. The summed E-state index contributed by atoms with van der Waals surface area (Å²) in [7, 11) is -7.05. The van der Waals surface area contributed by atoms with Crippen LogP contribution in [-0.2, 0) is 24.7 Å². The Hall–Kier alpha value is -0.670. The minimum absolute atomic E-state index is 0.0808. The van der Waals surface area contributed by atoms with E-state index in [4.69, 9.17) is 5.11 Å². The van der Waals surface area contributed by atoms with Gasteiger partial charge in [-0.2, -0.15) is 0 Å². The molecule has 0 saturated carbocycles. The van der Waals surface area contributed by atoms with Crippen LogP contribution in [0.5, 0.6) is 0 Å². The van der Waals surface area contributed by atoms with Gasteiger partial charge < -0.3 is 5.11 Å². The Morgan fingerprint density at radius 1 is 1.22 bits per heavy atom. The zero-order valence-electron chi connectivity index (χ0n) is 10.2. The molecule has 0 aromatic rings. The standard InChI is InChI=1S/C9H17NO6S2/c1-7-5-10(6-8(7)9(11)12)18(15,16)4-3-17(2,13)14/h7-8H,3-6H2,1-2H3,(H,11,12)/t7-,8-/m1/s1. The van der Waals surface area contributed by atoms with Gasteiger partial charge in [0.1, 0.15) is 9.84 Å². The predicted octanol–water partition coefficient (Wildman–Crippen LogP) is -0.987. The molecule has 7 nitrogen and oxygen atoms in total. The third-order valence-electron chi connectivity index (χ3n) is 3.00. The molecule has 0 aromatic heterocycles. The molecule has 1 rings (SSSR count). The van der Waals surface area contributed by atoms with Gasteiger partial charge in [0, 0.05) is 19.3 Å². The van der Waals surface area contributed by atoms with Crippen molar-refractivity contribution in [2.45, 2.75) is 6.92 Å². The van der Waals surface area contributed by atoms with Crippen molar-refractivity contribution in [2.75, 3.05) is 30.9 Å². The molecule has 1 aliphatic rings. The number of sulfone groups is 1. The van der Waals surface area contributed by atoms with Crippen molar-refractivity contribution < 1.29 is 26.7 Å². The predicted molar refractivity (Wildman–Crippen MR) is 65.4 cm³/mol. The van der Waals surface area contributed by atoms with Gasteiger partial charge in [-0.05, 0) is 5.92 Å². The summed E-state index contributed by atoms with van der Waals surface area (Å²) in [6, 6.07) is 0. The second kappa shape index (κ2) is 5.14. The first-order chi connectivity index (χ1) is 8.03. The van der Waals surface area contributed by atoms with E-state index in [1.165, 1.54) is 0 Å². The van der Waals surface area contributed by atoms with Gasteiger partial charge in [-0.25, -0.2) is 21.1 Å². The van der Waals surface area contributed by atoms with E-state index in [0.29, 0.717) is 0 Å². The van der Waals surface area contributed by atoms with Crippen molar-refractivity contribution in [3.8, 4) is 0 Å². The molecular formula is C9H17NO6S2. The summed E-state index contributed by atoms with van der Waals surface area (Å²) in [6.45, 7) is 1.72. The molecule has 0 bridgehead atoms. The molecule has 9 heteroatoms. The fourth-order valence-electron chi connectivity index (χ4n) is 1.86. The maximum absolute atomic E-state index is 11.9. The SMILES string of the molecule is C[C@@H]1CN(S(=O)(=O)CCS(C)(=O)=O)C[C@H]1C(=O)O. The lowest BCUT2D eigenvalue weighted by Gasteiger charge is -2.15. The van der Waals surface area contributed by atoms with Crippen molar-refractivity contribution in [3.05, 3.63) is 0 Å². The molecule has 2 atom stereocenters. The zero-order valence-corrected chi connectivity index (χ0v) is 11.9. The smallest absolute Gasteiger partial charge is 0.308 e. The summed E-state index contributed by atoms with van der Waals surface area (Å²) in [5.41, 5.74) is 0. The highest BCUT2D eigenvalue weighted by atomic mass is 32.2. The molecule has 1 saturated heterocycles.